The average molecular weight is 624 g/mol. The average Bonchev–Trinajstić information content (AvgIpc) is 2.97. The van der Waals surface area contributed by atoms with E-state index in [0.717, 1.165) is 57.2 Å². The Morgan fingerprint density at radius 1 is 0.738 bits per heavy atom. The minimum Gasteiger partial charge on any atom is -0.407 e. The van der Waals surface area contributed by atoms with Crippen LogP contribution in [0.3, 0.4) is 0 Å². The van der Waals surface area contributed by atoms with Crippen LogP contribution in [0.15, 0.2) is 87.5 Å². The Balaban J connectivity index is 1.88. The Morgan fingerprint density at radius 3 is 1.81 bits per heavy atom. The lowest BCUT2D eigenvalue weighted by atomic mass is 9.95. The maximum absolute atomic E-state index is 14.2. The SMILES string of the molecule is Cc1ccc(S(=O)c2ccccc2[C@H](O[Si](C(C)C)(C(C)C)C(C)C)[C@H]2CCCCN2S(=O)c2ccc(C)cc2)cc1. The van der Waals surface area contributed by atoms with Crippen molar-refractivity contribution in [1.82, 2.24) is 4.31 Å². The summed E-state index contributed by atoms with van der Waals surface area (Å²) in [4.78, 5) is 2.40. The second-order valence-corrected chi connectivity index (χ2v) is 21.0. The van der Waals surface area contributed by atoms with Crippen LogP contribution < -0.4 is 0 Å². The van der Waals surface area contributed by atoms with Crippen LogP contribution in [-0.2, 0) is 26.2 Å². The van der Waals surface area contributed by atoms with E-state index < -0.39 is 30.1 Å². The van der Waals surface area contributed by atoms with Gasteiger partial charge in [0, 0.05) is 16.3 Å². The number of hydrogen-bond acceptors (Lipinski definition) is 3. The molecule has 0 bridgehead atoms. The van der Waals surface area contributed by atoms with E-state index in [-0.39, 0.29) is 12.1 Å². The maximum atomic E-state index is 14.2. The monoisotopic (exact) mass is 623 g/mol. The molecule has 1 fully saturated rings. The van der Waals surface area contributed by atoms with Gasteiger partial charge in [-0.05, 0) is 79.2 Å². The minimum absolute atomic E-state index is 0.0971. The zero-order valence-electron chi connectivity index (χ0n) is 26.6. The normalized spacial score (nSPS) is 18.9. The Hall–Kier alpha value is -1.90. The first kappa shape index (κ1) is 33.0. The molecular weight excluding hydrogens is 575 g/mol. The van der Waals surface area contributed by atoms with Gasteiger partial charge in [0.1, 0.15) is 11.0 Å². The number of hydrogen-bond donors (Lipinski definition) is 0. The van der Waals surface area contributed by atoms with Gasteiger partial charge in [0.05, 0.1) is 27.8 Å². The van der Waals surface area contributed by atoms with Gasteiger partial charge in [-0.3, -0.25) is 0 Å². The predicted molar refractivity (Wildman–Crippen MR) is 179 cm³/mol. The highest BCUT2D eigenvalue weighted by molar-refractivity contribution is 7.85. The van der Waals surface area contributed by atoms with Crippen LogP contribution in [0.25, 0.3) is 0 Å². The molecule has 0 radical (unpaired) electrons. The van der Waals surface area contributed by atoms with Gasteiger partial charge in [0.2, 0.25) is 8.32 Å². The highest BCUT2D eigenvalue weighted by Gasteiger charge is 2.49. The molecular formula is C35H49NO3S2Si. The maximum Gasteiger partial charge on any atom is 0.201 e. The smallest absolute Gasteiger partial charge is 0.201 e. The van der Waals surface area contributed by atoms with E-state index in [0.29, 0.717) is 16.6 Å². The molecule has 0 saturated carbocycles. The molecule has 1 heterocycles. The summed E-state index contributed by atoms with van der Waals surface area (Å²) < 4.78 is 38.3. The Bertz CT molecular complexity index is 1350. The van der Waals surface area contributed by atoms with Crippen molar-refractivity contribution in [3.8, 4) is 0 Å². The lowest BCUT2D eigenvalue weighted by molar-refractivity contribution is 0.0743. The van der Waals surface area contributed by atoms with Gasteiger partial charge in [-0.15, -0.1) is 0 Å². The van der Waals surface area contributed by atoms with Crippen molar-refractivity contribution in [3.05, 3.63) is 89.5 Å². The summed E-state index contributed by atoms with van der Waals surface area (Å²) in [6, 6.07) is 24.0. The second-order valence-electron chi connectivity index (χ2n) is 12.7. The van der Waals surface area contributed by atoms with Crippen LogP contribution in [0.1, 0.15) is 83.6 Å². The quantitative estimate of drug-likeness (QED) is 0.200. The van der Waals surface area contributed by atoms with Crippen molar-refractivity contribution in [1.29, 1.82) is 0 Å². The highest BCUT2D eigenvalue weighted by Crippen LogP contribution is 2.48. The lowest BCUT2D eigenvalue weighted by Crippen LogP contribution is -2.53. The fourth-order valence-electron chi connectivity index (χ4n) is 6.88. The molecule has 4 rings (SSSR count). The number of nitrogens with zero attached hydrogens (tertiary/aromatic N) is 1. The highest BCUT2D eigenvalue weighted by atomic mass is 32.2. The van der Waals surface area contributed by atoms with Crippen molar-refractivity contribution in [2.45, 2.75) is 118 Å². The molecule has 3 aromatic carbocycles. The van der Waals surface area contributed by atoms with Crippen LogP contribution in [0.2, 0.25) is 16.6 Å². The Morgan fingerprint density at radius 2 is 1.26 bits per heavy atom. The number of rotatable bonds is 11. The van der Waals surface area contributed by atoms with Crippen molar-refractivity contribution >= 4 is 30.1 Å². The third-order valence-electron chi connectivity index (χ3n) is 8.98. The van der Waals surface area contributed by atoms with E-state index in [4.69, 9.17) is 4.43 Å². The van der Waals surface area contributed by atoms with Gasteiger partial charge < -0.3 is 4.43 Å². The molecule has 1 saturated heterocycles. The first-order valence-electron chi connectivity index (χ1n) is 15.5. The summed E-state index contributed by atoms with van der Waals surface area (Å²) in [7, 11) is -5.08. The van der Waals surface area contributed by atoms with E-state index in [2.05, 4.69) is 58.8 Å². The van der Waals surface area contributed by atoms with Crippen molar-refractivity contribution in [2.24, 2.45) is 0 Å². The van der Waals surface area contributed by atoms with E-state index in [1.165, 1.54) is 0 Å². The minimum atomic E-state index is -2.38. The fraction of sp³-hybridized carbons (Fsp3) is 0.486. The molecule has 1 aliphatic heterocycles. The molecule has 1 aliphatic rings. The van der Waals surface area contributed by atoms with Gasteiger partial charge in [0.25, 0.3) is 0 Å². The topological polar surface area (TPSA) is 46.6 Å². The van der Waals surface area contributed by atoms with Gasteiger partial charge in [-0.2, -0.15) is 0 Å². The molecule has 228 valence electrons. The Labute approximate surface area is 260 Å². The van der Waals surface area contributed by atoms with Crippen LogP contribution in [-0.4, -0.2) is 33.6 Å². The molecule has 0 N–H and O–H groups in total. The third-order valence-corrected chi connectivity index (χ3v) is 18.1. The molecule has 0 spiro atoms. The first-order chi connectivity index (χ1) is 20.0. The third kappa shape index (κ3) is 6.91. The zero-order chi connectivity index (χ0) is 30.6. The second kappa shape index (κ2) is 14.3. The first-order valence-corrected chi connectivity index (χ1v) is 19.9. The summed E-state index contributed by atoms with van der Waals surface area (Å²) in [5.41, 5.74) is 4.41. The fourth-order valence-corrected chi connectivity index (χ4v) is 15.1. The molecule has 4 atom stereocenters. The van der Waals surface area contributed by atoms with Gasteiger partial charge in [0.15, 0.2) is 0 Å². The van der Waals surface area contributed by atoms with Crippen LogP contribution in [0.5, 0.6) is 0 Å². The van der Waals surface area contributed by atoms with E-state index in [1.807, 2.05) is 73.7 Å². The standard InChI is InChI=1S/C35H49NO3S2Si/c1-25(2)42(26(3)4,27(5)6)39-35(32-13-9-10-15-34(32)40(37)30-20-16-28(7)17-21-30)33-14-11-12-24-36(33)41(38)31-22-18-29(8)19-23-31/h9-10,13,15-23,25-27,33,35H,11-12,14,24H2,1-8H3/t33-,35+,40?,41?/m1/s1. The summed E-state index contributed by atoms with van der Waals surface area (Å²) in [6.07, 6.45) is 2.59. The summed E-state index contributed by atoms with van der Waals surface area (Å²) in [5, 5.41) is 0. The van der Waals surface area contributed by atoms with Crippen LogP contribution in [0, 0.1) is 13.8 Å². The largest absolute Gasteiger partial charge is 0.407 e. The molecule has 4 nitrogen and oxygen atoms in total. The summed E-state index contributed by atoms with van der Waals surface area (Å²) >= 11 is 0. The molecule has 7 heteroatoms. The van der Waals surface area contributed by atoms with Gasteiger partial charge >= 0.3 is 0 Å². The van der Waals surface area contributed by atoms with Gasteiger partial charge in [-0.1, -0.05) is 102 Å². The number of piperidine rings is 1. The van der Waals surface area contributed by atoms with Crippen LogP contribution >= 0.6 is 0 Å². The summed E-state index contributed by atoms with van der Waals surface area (Å²) in [5.74, 6) is 0. The summed E-state index contributed by atoms with van der Waals surface area (Å²) in [6.45, 7) is 18.7. The predicted octanol–water partition coefficient (Wildman–Crippen LogP) is 9.28. The Kier molecular flexibility index (Phi) is 11.2. The number of benzene rings is 3. The molecule has 3 aromatic rings. The molecule has 0 aromatic heterocycles. The van der Waals surface area contributed by atoms with Crippen LogP contribution in [0.4, 0.5) is 0 Å². The zero-order valence-corrected chi connectivity index (χ0v) is 29.3. The molecule has 0 aliphatic carbocycles. The lowest BCUT2D eigenvalue weighted by Gasteiger charge is -2.48. The van der Waals surface area contributed by atoms with E-state index >= 15 is 0 Å². The molecule has 2 unspecified atom stereocenters. The van der Waals surface area contributed by atoms with Crippen molar-refractivity contribution < 1.29 is 12.8 Å². The van der Waals surface area contributed by atoms with Gasteiger partial charge in [-0.25, -0.2) is 12.7 Å². The van der Waals surface area contributed by atoms with E-state index in [1.54, 1.807) is 0 Å². The molecule has 0 amide bonds. The number of aryl methyl sites for hydroxylation is 2. The van der Waals surface area contributed by atoms with Crippen molar-refractivity contribution in [3.63, 3.8) is 0 Å². The molecule has 42 heavy (non-hydrogen) atoms. The van der Waals surface area contributed by atoms with Crippen molar-refractivity contribution in [2.75, 3.05) is 6.54 Å². The van der Waals surface area contributed by atoms with E-state index in [9.17, 15) is 8.42 Å².